The molecule has 0 bridgehead atoms. The molecule has 0 unspecified atom stereocenters. The number of nitrogens with one attached hydrogen (secondary N) is 1. The maximum atomic E-state index is 14.5. The smallest absolute Gasteiger partial charge is 0.309 e. The molecular formula is C44H73NO5. The van der Waals surface area contributed by atoms with E-state index in [0.29, 0.717) is 41.4 Å². The fourth-order valence-corrected chi connectivity index (χ4v) is 14.6. The molecule has 0 radical (unpaired) electrons. The van der Waals surface area contributed by atoms with E-state index in [2.05, 4.69) is 53.8 Å². The van der Waals surface area contributed by atoms with Crippen LogP contribution in [-0.2, 0) is 19.1 Å². The summed E-state index contributed by atoms with van der Waals surface area (Å²) >= 11 is 0. The summed E-state index contributed by atoms with van der Waals surface area (Å²) in [6, 6.07) is 0. The van der Waals surface area contributed by atoms with E-state index in [0.717, 1.165) is 57.4 Å². The van der Waals surface area contributed by atoms with Crippen molar-refractivity contribution in [3.05, 3.63) is 0 Å². The quantitative estimate of drug-likeness (QED) is 0.234. The molecule has 0 aliphatic heterocycles. The average molecular weight is 696 g/mol. The Balaban J connectivity index is 1.21. The highest BCUT2D eigenvalue weighted by Gasteiger charge is 2.72. The van der Waals surface area contributed by atoms with Crippen LogP contribution in [0.5, 0.6) is 0 Å². The summed E-state index contributed by atoms with van der Waals surface area (Å²) in [4.78, 5) is 39.3. The summed E-state index contributed by atoms with van der Waals surface area (Å²) in [5.41, 5.74) is -0.943. The van der Waals surface area contributed by atoms with E-state index in [-0.39, 0.29) is 45.6 Å². The topological polar surface area (TPSA) is 92.7 Å². The Morgan fingerprint density at radius 1 is 0.800 bits per heavy atom. The monoisotopic (exact) mass is 696 g/mol. The Morgan fingerprint density at radius 3 is 2.16 bits per heavy atom. The van der Waals surface area contributed by atoms with Crippen molar-refractivity contribution in [2.24, 2.45) is 73.9 Å². The maximum absolute atomic E-state index is 14.5. The molecule has 0 aromatic rings. The molecule has 0 aromatic heterocycles. The molecule has 6 nitrogen and oxygen atoms in total. The van der Waals surface area contributed by atoms with Crippen LogP contribution in [-0.4, -0.2) is 35.6 Å². The number of hydrogen-bond acceptors (Lipinski definition) is 4. The lowest BCUT2D eigenvalue weighted by Crippen LogP contribution is -2.67. The van der Waals surface area contributed by atoms with Crippen LogP contribution in [0.15, 0.2) is 0 Å². The minimum atomic E-state index is -1.13. The summed E-state index contributed by atoms with van der Waals surface area (Å²) in [5.74, 6) is 3.16. The van der Waals surface area contributed by atoms with Crippen molar-refractivity contribution in [3.8, 4) is 0 Å². The number of carbonyl (C=O) groups excluding carboxylic acids is 2. The van der Waals surface area contributed by atoms with Crippen molar-refractivity contribution in [3.63, 3.8) is 0 Å². The van der Waals surface area contributed by atoms with Crippen molar-refractivity contribution in [1.29, 1.82) is 0 Å². The molecule has 6 saturated carbocycles. The first-order valence-electron chi connectivity index (χ1n) is 21.0. The number of carboxylic acid groups (broad SMARTS) is 1. The Bertz CT molecular complexity index is 1300. The summed E-state index contributed by atoms with van der Waals surface area (Å²) in [7, 11) is 0. The van der Waals surface area contributed by atoms with E-state index in [1.165, 1.54) is 57.8 Å². The molecule has 0 heterocycles. The van der Waals surface area contributed by atoms with Crippen LogP contribution in [0.3, 0.4) is 0 Å². The third kappa shape index (κ3) is 5.99. The zero-order chi connectivity index (χ0) is 36.5. The number of fused-ring (bicyclic) bond motifs is 7. The van der Waals surface area contributed by atoms with Crippen molar-refractivity contribution in [2.45, 2.75) is 178 Å². The second-order valence-corrected chi connectivity index (χ2v) is 21.0. The largest absolute Gasteiger partial charge is 0.481 e. The van der Waals surface area contributed by atoms with Crippen molar-refractivity contribution < 1.29 is 24.2 Å². The number of hydrogen-bond donors (Lipinski definition) is 2. The molecule has 6 aliphatic carbocycles. The molecule has 6 aliphatic rings. The van der Waals surface area contributed by atoms with Gasteiger partial charge in [0.25, 0.3) is 0 Å². The second kappa shape index (κ2) is 13.4. The summed E-state index contributed by atoms with van der Waals surface area (Å²) in [5, 5.41) is 13.2. The SMILES string of the molecule is CC(C)[C@@H]1CC[C@]2(C(=O)NCCC3CCCCC3)CC[C@]3(C)[C@H](CC[C@@H]4[C@@]5(C)CC[C@H](OC(=O)CC(C)(C)C(=O)O)C(C)(C)[C@@H]5CC[C@]43C)[C@@H]12. The Morgan fingerprint density at radius 2 is 1.50 bits per heavy atom. The first-order chi connectivity index (χ1) is 23.3. The summed E-state index contributed by atoms with van der Waals surface area (Å²) < 4.78 is 6.19. The average Bonchev–Trinajstić information content (AvgIpc) is 3.44. The van der Waals surface area contributed by atoms with E-state index in [4.69, 9.17) is 4.74 Å². The molecule has 6 fully saturated rings. The standard InChI is InChI=1S/C44H73NO5/c1-28(2)30-17-23-44(37(47)45-26-20-29-13-11-10-12-14-29)25-24-42(8)31(36(30)44)15-16-33-41(7)21-19-34(50-35(46)27-39(3,4)38(48)49)40(5,6)32(41)18-22-43(33,42)9/h28-34,36H,10-27H2,1-9H3,(H,45,47)(H,48,49)/t30-,31+,32-,33+,34-,36+,41-,42+,43+,44-/m0/s1. The molecule has 6 rings (SSSR count). The lowest BCUT2D eigenvalue weighted by Gasteiger charge is -2.73. The van der Waals surface area contributed by atoms with Gasteiger partial charge in [0.2, 0.25) is 5.91 Å². The van der Waals surface area contributed by atoms with E-state index in [9.17, 15) is 19.5 Å². The number of carboxylic acids is 1. The molecule has 1 amide bonds. The number of rotatable bonds is 9. The molecule has 50 heavy (non-hydrogen) atoms. The van der Waals surface area contributed by atoms with Gasteiger partial charge in [-0.15, -0.1) is 0 Å². The van der Waals surface area contributed by atoms with Crippen LogP contribution in [0.4, 0.5) is 0 Å². The van der Waals surface area contributed by atoms with Gasteiger partial charge in [-0.3, -0.25) is 14.4 Å². The van der Waals surface area contributed by atoms with Gasteiger partial charge in [0.15, 0.2) is 0 Å². The molecule has 284 valence electrons. The van der Waals surface area contributed by atoms with Crippen molar-refractivity contribution in [2.75, 3.05) is 6.54 Å². The summed E-state index contributed by atoms with van der Waals surface area (Å²) in [6.45, 7) is 21.4. The molecule has 6 heteroatoms. The molecule has 0 spiro atoms. The van der Waals surface area contributed by atoms with E-state index >= 15 is 0 Å². The minimum Gasteiger partial charge on any atom is -0.481 e. The number of amides is 1. The Kier molecular flexibility index (Phi) is 10.2. The van der Waals surface area contributed by atoms with Crippen LogP contribution >= 0.6 is 0 Å². The minimum absolute atomic E-state index is 0.101. The third-order valence-corrected chi connectivity index (χ3v) is 17.7. The molecule has 2 N–H and O–H groups in total. The predicted octanol–water partition coefficient (Wildman–Crippen LogP) is 10.2. The van der Waals surface area contributed by atoms with Gasteiger partial charge in [0, 0.05) is 12.0 Å². The molecular weight excluding hydrogens is 622 g/mol. The molecule has 10 atom stereocenters. The number of ether oxygens (including phenoxy) is 1. The predicted molar refractivity (Wildman–Crippen MR) is 199 cm³/mol. The van der Waals surface area contributed by atoms with E-state index < -0.39 is 11.4 Å². The van der Waals surface area contributed by atoms with Crippen LogP contribution < -0.4 is 5.32 Å². The highest BCUT2D eigenvalue weighted by Crippen LogP contribution is 2.77. The van der Waals surface area contributed by atoms with Crippen LogP contribution in [0.2, 0.25) is 0 Å². The van der Waals surface area contributed by atoms with Gasteiger partial charge in [0.05, 0.1) is 17.3 Å². The van der Waals surface area contributed by atoms with Crippen LogP contribution in [0.25, 0.3) is 0 Å². The van der Waals surface area contributed by atoms with Gasteiger partial charge in [-0.2, -0.15) is 0 Å². The maximum Gasteiger partial charge on any atom is 0.309 e. The normalized spacial score (nSPS) is 42.8. The zero-order valence-corrected chi connectivity index (χ0v) is 33.4. The first kappa shape index (κ1) is 38.1. The lowest BCUT2D eigenvalue weighted by molar-refractivity contribution is -0.250. The number of esters is 1. The van der Waals surface area contributed by atoms with Crippen LogP contribution in [0.1, 0.15) is 171 Å². The lowest BCUT2D eigenvalue weighted by atomic mass is 9.32. The Hall–Kier alpha value is -1.59. The molecule has 0 aromatic carbocycles. The zero-order valence-electron chi connectivity index (χ0n) is 33.4. The first-order valence-corrected chi connectivity index (χ1v) is 21.0. The third-order valence-electron chi connectivity index (χ3n) is 17.7. The Labute approximate surface area is 304 Å². The van der Waals surface area contributed by atoms with E-state index in [1.54, 1.807) is 13.8 Å². The fourth-order valence-electron chi connectivity index (χ4n) is 14.6. The van der Waals surface area contributed by atoms with Crippen molar-refractivity contribution in [1.82, 2.24) is 5.32 Å². The van der Waals surface area contributed by atoms with Crippen LogP contribution in [0, 0.1) is 73.9 Å². The van der Waals surface area contributed by atoms with Gasteiger partial charge in [-0.05, 0) is 142 Å². The highest BCUT2D eigenvalue weighted by atomic mass is 16.5. The fraction of sp³-hybridized carbons (Fsp3) is 0.932. The van der Waals surface area contributed by atoms with Gasteiger partial charge >= 0.3 is 11.9 Å². The van der Waals surface area contributed by atoms with Gasteiger partial charge < -0.3 is 15.2 Å². The van der Waals surface area contributed by atoms with Gasteiger partial charge in [0.1, 0.15) is 6.10 Å². The van der Waals surface area contributed by atoms with Gasteiger partial charge in [-0.25, -0.2) is 0 Å². The highest BCUT2D eigenvalue weighted by molar-refractivity contribution is 5.84. The molecule has 0 saturated heterocycles. The van der Waals surface area contributed by atoms with Gasteiger partial charge in [-0.1, -0.05) is 80.6 Å². The number of carbonyl (C=O) groups is 3. The number of aliphatic carboxylic acids is 1. The summed E-state index contributed by atoms with van der Waals surface area (Å²) in [6.07, 6.45) is 18.8. The second-order valence-electron chi connectivity index (χ2n) is 21.0. The van der Waals surface area contributed by atoms with E-state index in [1.807, 2.05) is 0 Å². The van der Waals surface area contributed by atoms with Crippen molar-refractivity contribution >= 4 is 17.8 Å².